The summed E-state index contributed by atoms with van der Waals surface area (Å²) >= 11 is 4.86. The zero-order valence-electron chi connectivity index (χ0n) is 10.5. The van der Waals surface area contributed by atoms with Crippen LogP contribution in [0.4, 0.5) is 19.0 Å². The van der Waals surface area contributed by atoms with Crippen LogP contribution in [0.1, 0.15) is 24.1 Å². The molecule has 1 aromatic rings. The number of hydrogen-bond donors (Lipinski definition) is 2. The highest BCUT2D eigenvalue weighted by Crippen LogP contribution is 2.33. The van der Waals surface area contributed by atoms with E-state index in [0.29, 0.717) is 18.5 Å². The summed E-state index contributed by atoms with van der Waals surface area (Å²) in [7, 11) is 0. The second-order valence-corrected chi connectivity index (χ2v) is 5.04. The Morgan fingerprint density at radius 2 is 2.20 bits per heavy atom. The summed E-state index contributed by atoms with van der Waals surface area (Å²) in [5.74, 6) is 0.101. The average Bonchev–Trinajstić information content (AvgIpc) is 2.84. The molecule has 0 aromatic carbocycles. The standard InChI is InChI=1S/C12H14F3N3OS/c13-12(14,15)9-4-3-8(10(16)20)11(17-9)18-5-1-2-7(18)6-19/h3-4,7,19H,1-2,5-6H2,(H2,16,20). The van der Waals surface area contributed by atoms with Crippen molar-refractivity contribution < 1.29 is 18.3 Å². The van der Waals surface area contributed by atoms with Crippen molar-refractivity contribution in [2.75, 3.05) is 18.1 Å². The first kappa shape index (κ1) is 15.0. The Hall–Kier alpha value is -1.41. The molecule has 1 aromatic heterocycles. The minimum Gasteiger partial charge on any atom is -0.394 e. The Balaban J connectivity index is 2.50. The van der Waals surface area contributed by atoms with Crippen molar-refractivity contribution in [2.24, 2.45) is 5.73 Å². The number of halogens is 3. The van der Waals surface area contributed by atoms with Gasteiger partial charge in [0, 0.05) is 6.54 Å². The Morgan fingerprint density at radius 3 is 2.75 bits per heavy atom. The average molecular weight is 305 g/mol. The number of alkyl halides is 3. The van der Waals surface area contributed by atoms with Crippen LogP contribution < -0.4 is 10.6 Å². The quantitative estimate of drug-likeness (QED) is 0.832. The first-order chi connectivity index (χ1) is 9.34. The molecular formula is C12H14F3N3OS. The van der Waals surface area contributed by atoms with E-state index in [0.717, 1.165) is 12.5 Å². The van der Waals surface area contributed by atoms with Crippen molar-refractivity contribution in [2.45, 2.75) is 25.1 Å². The molecule has 0 saturated carbocycles. The van der Waals surface area contributed by atoms with Crippen LogP contribution in [0.15, 0.2) is 12.1 Å². The van der Waals surface area contributed by atoms with Gasteiger partial charge in [-0.15, -0.1) is 0 Å². The van der Waals surface area contributed by atoms with E-state index in [1.165, 1.54) is 6.07 Å². The third kappa shape index (κ3) is 2.85. The smallest absolute Gasteiger partial charge is 0.394 e. The maximum Gasteiger partial charge on any atom is 0.433 e. The monoisotopic (exact) mass is 305 g/mol. The normalized spacial score (nSPS) is 19.4. The van der Waals surface area contributed by atoms with Gasteiger partial charge < -0.3 is 15.7 Å². The highest BCUT2D eigenvalue weighted by molar-refractivity contribution is 7.80. The molecule has 0 radical (unpaired) electrons. The maximum atomic E-state index is 12.8. The number of nitrogens with two attached hydrogens (primary N) is 1. The fourth-order valence-corrected chi connectivity index (χ4v) is 2.48. The summed E-state index contributed by atoms with van der Waals surface area (Å²) in [6, 6.07) is 1.85. The topological polar surface area (TPSA) is 62.4 Å². The lowest BCUT2D eigenvalue weighted by molar-refractivity contribution is -0.141. The van der Waals surface area contributed by atoms with E-state index in [9.17, 15) is 18.3 Å². The van der Waals surface area contributed by atoms with E-state index in [-0.39, 0.29) is 23.5 Å². The largest absolute Gasteiger partial charge is 0.433 e. The highest BCUT2D eigenvalue weighted by atomic mass is 32.1. The van der Waals surface area contributed by atoms with E-state index in [1.54, 1.807) is 4.90 Å². The van der Waals surface area contributed by atoms with Crippen molar-refractivity contribution in [1.29, 1.82) is 0 Å². The zero-order valence-corrected chi connectivity index (χ0v) is 11.3. The number of aliphatic hydroxyl groups is 1. The molecule has 1 atom stereocenters. The highest BCUT2D eigenvalue weighted by Gasteiger charge is 2.35. The number of aromatic nitrogens is 1. The molecule has 1 saturated heterocycles. The zero-order chi connectivity index (χ0) is 14.9. The van der Waals surface area contributed by atoms with E-state index in [1.807, 2.05) is 0 Å². The number of rotatable bonds is 3. The van der Waals surface area contributed by atoms with Crippen molar-refractivity contribution in [3.05, 3.63) is 23.4 Å². The molecule has 4 nitrogen and oxygen atoms in total. The summed E-state index contributed by atoms with van der Waals surface area (Å²) in [6.45, 7) is 0.379. The predicted octanol–water partition coefficient (Wildman–Crippen LogP) is 1.70. The summed E-state index contributed by atoms with van der Waals surface area (Å²) in [5, 5.41) is 9.30. The van der Waals surface area contributed by atoms with Gasteiger partial charge in [-0.05, 0) is 25.0 Å². The molecule has 1 aliphatic rings. The number of aliphatic hydroxyl groups excluding tert-OH is 1. The molecule has 2 heterocycles. The van der Waals surface area contributed by atoms with Crippen LogP contribution in [-0.2, 0) is 6.18 Å². The second kappa shape index (κ2) is 5.53. The second-order valence-electron chi connectivity index (χ2n) is 4.60. The molecule has 1 aliphatic heterocycles. The lowest BCUT2D eigenvalue weighted by atomic mass is 10.2. The third-order valence-electron chi connectivity index (χ3n) is 3.29. The molecule has 20 heavy (non-hydrogen) atoms. The van der Waals surface area contributed by atoms with Crippen molar-refractivity contribution in [1.82, 2.24) is 4.98 Å². The van der Waals surface area contributed by atoms with Crippen LogP contribution in [0, 0.1) is 0 Å². The molecular weight excluding hydrogens is 291 g/mol. The Labute approximate surface area is 119 Å². The van der Waals surface area contributed by atoms with Gasteiger partial charge in [-0.2, -0.15) is 13.2 Å². The number of anilines is 1. The molecule has 0 spiro atoms. The third-order valence-corrected chi connectivity index (χ3v) is 3.51. The van der Waals surface area contributed by atoms with Crippen LogP contribution in [0.3, 0.4) is 0 Å². The fraction of sp³-hybridized carbons (Fsp3) is 0.500. The van der Waals surface area contributed by atoms with E-state index >= 15 is 0 Å². The van der Waals surface area contributed by atoms with E-state index < -0.39 is 11.9 Å². The van der Waals surface area contributed by atoms with Gasteiger partial charge in [-0.25, -0.2) is 4.98 Å². The van der Waals surface area contributed by atoms with Crippen LogP contribution >= 0.6 is 12.2 Å². The maximum absolute atomic E-state index is 12.8. The molecule has 8 heteroatoms. The molecule has 1 unspecified atom stereocenters. The minimum atomic E-state index is -4.53. The Morgan fingerprint density at radius 1 is 1.50 bits per heavy atom. The molecule has 2 rings (SSSR count). The molecule has 0 aliphatic carbocycles. The van der Waals surface area contributed by atoms with Gasteiger partial charge in [0.25, 0.3) is 0 Å². The SMILES string of the molecule is NC(=S)c1ccc(C(F)(F)F)nc1N1CCCC1CO. The lowest BCUT2D eigenvalue weighted by Gasteiger charge is -2.26. The van der Waals surface area contributed by atoms with Gasteiger partial charge in [0.1, 0.15) is 16.5 Å². The van der Waals surface area contributed by atoms with Crippen LogP contribution in [-0.4, -0.2) is 34.3 Å². The molecule has 1 fully saturated rings. The summed E-state index contributed by atoms with van der Waals surface area (Å²) < 4.78 is 38.3. The van der Waals surface area contributed by atoms with E-state index in [2.05, 4.69) is 4.98 Å². The fourth-order valence-electron chi connectivity index (χ4n) is 2.32. The van der Waals surface area contributed by atoms with Gasteiger partial charge in [-0.3, -0.25) is 0 Å². The van der Waals surface area contributed by atoms with Crippen LogP contribution in [0.2, 0.25) is 0 Å². The minimum absolute atomic E-state index is 0.00943. The summed E-state index contributed by atoms with van der Waals surface area (Å²) in [6.07, 6.45) is -3.05. The number of thiocarbonyl (C=S) groups is 1. The number of nitrogens with zero attached hydrogens (tertiary/aromatic N) is 2. The summed E-state index contributed by atoms with van der Waals surface area (Å²) in [5.41, 5.74) is 4.86. The van der Waals surface area contributed by atoms with Gasteiger partial charge in [-0.1, -0.05) is 12.2 Å². The Kier molecular flexibility index (Phi) is 4.14. The van der Waals surface area contributed by atoms with Crippen molar-refractivity contribution in [3.63, 3.8) is 0 Å². The van der Waals surface area contributed by atoms with Crippen LogP contribution in [0.5, 0.6) is 0 Å². The summed E-state index contributed by atoms with van der Waals surface area (Å²) in [4.78, 5) is 5.30. The number of pyridine rings is 1. The number of hydrogen-bond acceptors (Lipinski definition) is 4. The van der Waals surface area contributed by atoms with Crippen LogP contribution in [0.25, 0.3) is 0 Å². The predicted molar refractivity (Wildman–Crippen MR) is 72.6 cm³/mol. The van der Waals surface area contributed by atoms with Crippen molar-refractivity contribution >= 4 is 23.0 Å². The van der Waals surface area contributed by atoms with Gasteiger partial charge in [0.15, 0.2) is 0 Å². The lowest BCUT2D eigenvalue weighted by Crippen LogP contribution is -2.35. The molecule has 0 bridgehead atoms. The Bertz CT molecular complexity index is 521. The molecule has 110 valence electrons. The van der Waals surface area contributed by atoms with Gasteiger partial charge in [0.05, 0.1) is 18.2 Å². The first-order valence-electron chi connectivity index (χ1n) is 6.10. The van der Waals surface area contributed by atoms with E-state index in [4.69, 9.17) is 18.0 Å². The van der Waals surface area contributed by atoms with Crippen molar-refractivity contribution in [3.8, 4) is 0 Å². The van der Waals surface area contributed by atoms with Gasteiger partial charge >= 0.3 is 6.18 Å². The first-order valence-corrected chi connectivity index (χ1v) is 6.51. The molecule has 3 N–H and O–H groups in total. The molecule has 0 amide bonds. The van der Waals surface area contributed by atoms with Gasteiger partial charge in [0.2, 0.25) is 0 Å².